The molecule has 3 heteroatoms. The van der Waals surface area contributed by atoms with Gasteiger partial charge in [0.15, 0.2) is 0 Å². The number of rotatable bonds is 5. The van der Waals surface area contributed by atoms with Crippen LogP contribution in [0.5, 0.6) is 0 Å². The molecular weight excluding hydrogens is 224 g/mol. The average Bonchev–Trinajstić information content (AvgIpc) is 2.31. The van der Waals surface area contributed by atoms with E-state index in [1.807, 2.05) is 6.07 Å². The van der Waals surface area contributed by atoms with E-state index in [0.717, 1.165) is 19.3 Å². The third-order valence-electron chi connectivity index (χ3n) is 3.83. The zero-order valence-electron chi connectivity index (χ0n) is 11.0. The number of nitrogens with two attached hydrogens (primary N) is 1. The Bertz CT molecular complexity index is 419. The van der Waals surface area contributed by atoms with Gasteiger partial charge < -0.3 is 11.1 Å². The van der Waals surface area contributed by atoms with E-state index in [-0.39, 0.29) is 11.4 Å². The molecule has 0 spiro atoms. The van der Waals surface area contributed by atoms with Crippen LogP contribution < -0.4 is 11.1 Å². The van der Waals surface area contributed by atoms with Crippen LogP contribution in [0.3, 0.4) is 0 Å². The fourth-order valence-electron chi connectivity index (χ4n) is 2.47. The second kappa shape index (κ2) is 5.53. The summed E-state index contributed by atoms with van der Waals surface area (Å²) >= 11 is 0. The van der Waals surface area contributed by atoms with Gasteiger partial charge in [-0.3, -0.25) is 4.79 Å². The number of carbonyl (C=O) groups is 1. The lowest BCUT2D eigenvalue weighted by atomic mass is 9.76. The van der Waals surface area contributed by atoms with E-state index in [9.17, 15) is 4.79 Å². The first kappa shape index (κ1) is 13.1. The highest BCUT2D eigenvalue weighted by molar-refractivity contribution is 5.77. The second-order valence-electron chi connectivity index (χ2n) is 5.38. The number of amides is 1. The Balaban J connectivity index is 1.81. The first-order chi connectivity index (χ1) is 8.63. The fraction of sp³-hybridized carbons (Fsp3) is 0.533. The maximum Gasteiger partial charge on any atom is 0.220 e. The molecule has 0 heterocycles. The van der Waals surface area contributed by atoms with Gasteiger partial charge in [-0.1, -0.05) is 29.8 Å². The maximum absolute atomic E-state index is 11.9. The molecule has 1 aliphatic rings. The van der Waals surface area contributed by atoms with Crippen molar-refractivity contribution in [1.82, 2.24) is 5.32 Å². The first-order valence-corrected chi connectivity index (χ1v) is 6.70. The Morgan fingerprint density at radius 3 is 2.78 bits per heavy atom. The number of nitrogens with one attached hydrogen (secondary N) is 1. The van der Waals surface area contributed by atoms with Crippen LogP contribution in [0.4, 0.5) is 0 Å². The zero-order valence-corrected chi connectivity index (χ0v) is 11.0. The van der Waals surface area contributed by atoms with Gasteiger partial charge in [-0.05, 0) is 38.2 Å². The molecule has 3 N–H and O–H groups in total. The fourth-order valence-corrected chi connectivity index (χ4v) is 2.47. The molecule has 1 aliphatic carbocycles. The molecule has 98 valence electrons. The Hall–Kier alpha value is -1.35. The average molecular weight is 246 g/mol. The van der Waals surface area contributed by atoms with Crippen LogP contribution in [-0.2, 0) is 11.2 Å². The van der Waals surface area contributed by atoms with E-state index in [0.29, 0.717) is 13.0 Å². The molecule has 1 amide bonds. The monoisotopic (exact) mass is 246 g/mol. The summed E-state index contributed by atoms with van der Waals surface area (Å²) in [7, 11) is 0. The third-order valence-corrected chi connectivity index (χ3v) is 3.83. The summed E-state index contributed by atoms with van der Waals surface area (Å²) in [5, 5.41) is 3.10. The molecular formula is C15H22N2O. The minimum absolute atomic E-state index is 0.0936. The molecule has 1 aromatic carbocycles. The van der Waals surface area contributed by atoms with E-state index in [4.69, 9.17) is 5.73 Å². The highest BCUT2D eigenvalue weighted by atomic mass is 16.1. The van der Waals surface area contributed by atoms with Crippen molar-refractivity contribution in [1.29, 1.82) is 0 Å². The molecule has 0 atom stereocenters. The molecule has 3 nitrogen and oxygen atoms in total. The molecule has 1 aromatic rings. The largest absolute Gasteiger partial charge is 0.349 e. The molecule has 1 fully saturated rings. The summed E-state index contributed by atoms with van der Waals surface area (Å²) in [4.78, 5) is 11.9. The summed E-state index contributed by atoms with van der Waals surface area (Å²) in [6.07, 6.45) is 4.58. The van der Waals surface area contributed by atoms with Crippen molar-refractivity contribution in [2.45, 2.75) is 44.6 Å². The highest BCUT2D eigenvalue weighted by Gasteiger charge is 2.36. The topological polar surface area (TPSA) is 55.1 Å². The minimum atomic E-state index is -0.0936. The smallest absolute Gasteiger partial charge is 0.220 e. The van der Waals surface area contributed by atoms with Gasteiger partial charge in [0.05, 0.1) is 5.54 Å². The lowest BCUT2D eigenvalue weighted by Gasteiger charge is -2.41. The Kier molecular flexibility index (Phi) is 4.02. The van der Waals surface area contributed by atoms with Gasteiger partial charge in [0.2, 0.25) is 5.91 Å². The number of hydrogen-bond acceptors (Lipinski definition) is 2. The van der Waals surface area contributed by atoms with Crippen molar-refractivity contribution in [2.24, 2.45) is 5.73 Å². The third kappa shape index (κ3) is 3.10. The number of benzene rings is 1. The Labute approximate surface area is 109 Å². The molecule has 0 aromatic heterocycles. The summed E-state index contributed by atoms with van der Waals surface area (Å²) in [6.45, 7) is 2.63. The highest BCUT2D eigenvalue weighted by Crippen LogP contribution is 2.30. The summed E-state index contributed by atoms with van der Waals surface area (Å²) < 4.78 is 0. The lowest BCUT2D eigenvalue weighted by molar-refractivity contribution is -0.123. The van der Waals surface area contributed by atoms with Gasteiger partial charge in [-0.2, -0.15) is 0 Å². The SMILES string of the molecule is Cc1cccc(CCC(=O)NC2(CN)CCC2)c1. The van der Waals surface area contributed by atoms with E-state index in [2.05, 4.69) is 30.4 Å². The molecule has 1 saturated carbocycles. The first-order valence-electron chi connectivity index (χ1n) is 6.70. The van der Waals surface area contributed by atoms with Crippen molar-refractivity contribution < 1.29 is 4.79 Å². The molecule has 0 saturated heterocycles. The van der Waals surface area contributed by atoms with Crippen molar-refractivity contribution in [2.75, 3.05) is 6.54 Å². The van der Waals surface area contributed by atoms with E-state index in [1.54, 1.807) is 0 Å². The number of carbonyl (C=O) groups excluding carboxylic acids is 1. The van der Waals surface area contributed by atoms with Crippen LogP contribution in [0.25, 0.3) is 0 Å². The van der Waals surface area contributed by atoms with Gasteiger partial charge in [0, 0.05) is 13.0 Å². The molecule has 0 bridgehead atoms. The Morgan fingerprint density at radius 2 is 2.22 bits per heavy atom. The van der Waals surface area contributed by atoms with Crippen LogP contribution in [0.1, 0.15) is 36.8 Å². The van der Waals surface area contributed by atoms with Crippen molar-refractivity contribution in [3.63, 3.8) is 0 Å². The summed E-state index contributed by atoms with van der Waals surface area (Å²) in [6, 6.07) is 8.31. The summed E-state index contributed by atoms with van der Waals surface area (Å²) in [5.41, 5.74) is 8.10. The predicted octanol–water partition coefficient (Wildman–Crippen LogP) is 1.93. The maximum atomic E-state index is 11.9. The second-order valence-corrected chi connectivity index (χ2v) is 5.38. The van der Waals surface area contributed by atoms with E-state index < -0.39 is 0 Å². The van der Waals surface area contributed by atoms with Crippen LogP contribution in [0.2, 0.25) is 0 Å². The van der Waals surface area contributed by atoms with E-state index >= 15 is 0 Å². The number of aryl methyl sites for hydroxylation is 2. The molecule has 18 heavy (non-hydrogen) atoms. The van der Waals surface area contributed by atoms with Gasteiger partial charge in [0.25, 0.3) is 0 Å². The van der Waals surface area contributed by atoms with Gasteiger partial charge in [-0.15, -0.1) is 0 Å². The molecule has 2 rings (SSSR count). The van der Waals surface area contributed by atoms with Crippen LogP contribution >= 0.6 is 0 Å². The lowest BCUT2D eigenvalue weighted by Crippen LogP contribution is -2.58. The van der Waals surface area contributed by atoms with Gasteiger partial charge >= 0.3 is 0 Å². The van der Waals surface area contributed by atoms with Crippen LogP contribution in [0.15, 0.2) is 24.3 Å². The van der Waals surface area contributed by atoms with Crippen LogP contribution in [0, 0.1) is 6.92 Å². The number of hydrogen-bond donors (Lipinski definition) is 2. The standard InChI is InChI=1S/C15H22N2O/c1-12-4-2-5-13(10-12)6-7-14(18)17-15(11-16)8-3-9-15/h2,4-5,10H,3,6-9,11,16H2,1H3,(H,17,18). The minimum Gasteiger partial charge on any atom is -0.349 e. The van der Waals surface area contributed by atoms with Crippen molar-refractivity contribution >= 4 is 5.91 Å². The van der Waals surface area contributed by atoms with Crippen molar-refractivity contribution in [3.05, 3.63) is 35.4 Å². The van der Waals surface area contributed by atoms with Crippen molar-refractivity contribution in [3.8, 4) is 0 Å². The van der Waals surface area contributed by atoms with Crippen LogP contribution in [-0.4, -0.2) is 18.0 Å². The molecule has 0 aliphatic heterocycles. The quantitative estimate of drug-likeness (QED) is 0.834. The molecule has 0 unspecified atom stereocenters. The normalized spacial score (nSPS) is 17.0. The van der Waals surface area contributed by atoms with E-state index in [1.165, 1.54) is 17.5 Å². The van der Waals surface area contributed by atoms with Gasteiger partial charge in [-0.25, -0.2) is 0 Å². The van der Waals surface area contributed by atoms with Gasteiger partial charge in [0.1, 0.15) is 0 Å². The zero-order chi connectivity index (χ0) is 13.0. The summed E-state index contributed by atoms with van der Waals surface area (Å²) in [5.74, 6) is 0.127. The predicted molar refractivity (Wildman–Crippen MR) is 73.3 cm³/mol. The Morgan fingerprint density at radius 1 is 1.44 bits per heavy atom. The molecule has 0 radical (unpaired) electrons.